The minimum atomic E-state index is -0.108. The number of hydrogen-bond acceptors (Lipinski definition) is 2. The monoisotopic (exact) mass is 285 g/mol. The molecule has 0 aliphatic rings. The third kappa shape index (κ3) is 4.23. The number of ether oxygens (including phenoxy) is 1. The highest BCUT2D eigenvalue weighted by atomic mass is 79.9. The average molecular weight is 286 g/mol. The summed E-state index contributed by atoms with van der Waals surface area (Å²) in [6.07, 6.45) is 0. The van der Waals surface area contributed by atoms with Crippen molar-refractivity contribution in [2.24, 2.45) is 0 Å². The van der Waals surface area contributed by atoms with Gasteiger partial charge in [0.1, 0.15) is 5.75 Å². The topological polar surface area (TPSA) is 38.3 Å². The van der Waals surface area contributed by atoms with Crippen LogP contribution in [0.3, 0.4) is 0 Å². The normalized spacial score (nSPS) is 10.3. The Morgan fingerprint density at radius 2 is 2.19 bits per heavy atom. The van der Waals surface area contributed by atoms with Gasteiger partial charge in [-0.25, -0.2) is 0 Å². The van der Waals surface area contributed by atoms with Gasteiger partial charge in [0.2, 0.25) is 0 Å². The Labute approximate surface area is 104 Å². The summed E-state index contributed by atoms with van der Waals surface area (Å²) >= 11 is 3.37. The molecule has 0 fully saturated rings. The molecule has 0 spiro atoms. The van der Waals surface area contributed by atoms with Crippen LogP contribution in [0, 0.1) is 6.92 Å². The standard InChI is InChI=1S/C12H16BrNO2/c1-8(2)14-12(15)7-16-11-6-9(3)4-5-10(11)13/h4-6,8H,7H2,1-3H3,(H,14,15). The molecule has 4 heteroatoms. The number of rotatable bonds is 4. The van der Waals surface area contributed by atoms with E-state index < -0.39 is 0 Å². The largest absolute Gasteiger partial charge is 0.483 e. The van der Waals surface area contributed by atoms with Crippen LogP contribution in [0.25, 0.3) is 0 Å². The Morgan fingerprint density at radius 1 is 1.50 bits per heavy atom. The molecule has 3 nitrogen and oxygen atoms in total. The van der Waals surface area contributed by atoms with Crippen molar-refractivity contribution in [3.05, 3.63) is 28.2 Å². The summed E-state index contributed by atoms with van der Waals surface area (Å²) < 4.78 is 6.28. The maximum atomic E-state index is 11.4. The molecule has 16 heavy (non-hydrogen) atoms. The lowest BCUT2D eigenvalue weighted by atomic mass is 10.2. The molecule has 1 aromatic carbocycles. The van der Waals surface area contributed by atoms with Gasteiger partial charge in [0.25, 0.3) is 5.91 Å². The van der Waals surface area contributed by atoms with Gasteiger partial charge in [-0.2, -0.15) is 0 Å². The van der Waals surface area contributed by atoms with Gasteiger partial charge in [-0.3, -0.25) is 4.79 Å². The van der Waals surface area contributed by atoms with E-state index in [1.165, 1.54) is 0 Å². The zero-order valence-corrected chi connectivity index (χ0v) is 11.3. The van der Waals surface area contributed by atoms with Crippen LogP contribution in [-0.2, 0) is 4.79 Å². The fourth-order valence-corrected chi connectivity index (χ4v) is 1.59. The molecule has 0 saturated carbocycles. The van der Waals surface area contributed by atoms with Crippen molar-refractivity contribution in [2.75, 3.05) is 6.61 Å². The molecule has 0 heterocycles. The second-order valence-electron chi connectivity index (χ2n) is 3.94. The second-order valence-corrected chi connectivity index (χ2v) is 4.80. The smallest absolute Gasteiger partial charge is 0.258 e. The van der Waals surface area contributed by atoms with Gasteiger partial charge in [0.15, 0.2) is 6.61 Å². The van der Waals surface area contributed by atoms with Crippen LogP contribution < -0.4 is 10.1 Å². The van der Waals surface area contributed by atoms with E-state index in [9.17, 15) is 4.79 Å². The third-order valence-corrected chi connectivity index (χ3v) is 2.55. The predicted octanol–water partition coefficient (Wildman–Crippen LogP) is 2.66. The lowest BCUT2D eigenvalue weighted by molar-refractivity contribution is -0.123. The maximum absolute atomic E-state index is 11.4. The molecule has 0 atom stereocenters. The van der Waals surface area contributed by atoms with E-state index in [1.54, 1.807) is 0 Å². The van der Waals surface area contributed by atoms with E-state index in [1.807, 2.05) is 39.0 Å². The molecule has 0 aliphatic heterocycles. The van der Waals surface area contributed by atoms with Crippen molar-refractivity contribution in [3.8, 4) is 5.75 Å². The van der Waals surface area contributed by atoms with Gasteiger partial charge in [-0.15, -0.1) is 0 Å². The fourth-order valence-electron chi connectivity index (χ4n) is 1.23. The highest BCUT2D eigenvalue weighted by molar-refractivity contribution is 9.10. The minimum Gasteiger partial charge on any atom is -0.483 e. The number of benzene rings is 1. The first kappa shape index (κ1) is 13.0. The molecule has 0 radical (unpaired) electrons. The molecule has 0 aliphatic carbocycles. The first-order valence-corrected chi connectivity index (χ1v) is 5.96. The summed E-state index contributed by atoms with van der Waals surface area (Å²) in [7, 11) is 0. The van der Waals surface area contributed by atoms with Gasteiger partial charge in [-0.1, -0.05) is 6.07 Å². The molecule has 1 N–H and O–H groups in total. The van der Waals surface area contributed by atoms with Crippen LogP contribution in [0.1, 0.15) is 19.4 Å². The van der Waals surface area contributed by atoms with Crippen LogP contribution in [0.4, 0.5) is 0 Å². The Kier molecular flexibility index (Phi) is 4.80. The summed E-state index contributed by atoms with van der Waals surface area (Å²) in [4.78, 5) is 11.4. The van der Waals surface area contributed by atoms with Crippen LogP contribution in [0.2, 0.25) is 0 Å². The van der Waals surface area contributed by atoms with E-state index in [4.69, 9.17) is 4.74 Å². The summed E-state index contributed by atoms with van der Waals surface area (Å²) in [6, 6.07) is 5.92. The van der Waals surface area contributed by atoms with Gasteiger partial charge < -0.3 is 10.1 Å². The van der Waals surface area contributed by atoms with Crippen molar-refractivity contribution in [1.29, 1.82) is 0 Å². The molecule has 0 unspecified atom stereocenters. The number of halogens is 1. The van der Waals surface area contributed by atoms with Gasteiger partial charge in [0.05, 0.1) is 4.47 Å². The molecule has 0 aromatic heterocycles. The number of amides is 1. The van der Waals surface area contributed by atoms with Crippen LogP contribution >= 0.6 is 15.9 Å². The molecular formula is C12H16BrNO2. The van der Waals surface area contributed by atoms with E-state index >= 15 is 0 Å². The van der Waals surface area contributed by atoms with Crippen molar-refractivity contribution in [3.63, 3.8) is 0 Å². The first-order valence-electron chi connectivity index (χ1n) is 5.17. The number of carbonyl (C=O) groups is 1. The molecule has 1 aromatic rings. The number of aryl methyl sites for hydroxylation is 1. The molecule has 0 bridgehead atoms. The lowest BCUT2D eigenvalue weighted by Gasteiger charge is -2.11. The highest BCUT2D eigenvalue weighted by Crippen LogP contribution is 2.25. The molecule has 0 saturated heterocycles. The summed E-state index contributed by atoms with van der Waals surface area (Å²) in [5.41, 5.74) is 1.10. The number of nitrogens with one attached hydrogen (secondary N) is 1. The fraction of sp³-hybridized carbons (Fsp3) is 0.417. The highest BCUT2D eigenvalue weighted by Gasteiger charge is 2.06. The van der Waals surface area contributed by atoms with Crippen LogP contribution in [0.15, 0.2) is 22.7 Å². The first-order chi connectivity index (χ1) is 7.49. The second kappa shape index (κ2) is 5.89. The third-order valence-electron chi connectivity index (χ3n) is 1.90. The van der Waals surface area contributed by atoms with E-state index in [-0.39, 0.29) is 18.6 Å². The maximum Gasteiger partial charge on any atom is 0.258 e. The predicted molar refractivity (Wildman–Crippen MR) is 67.7 cm³/mol. The van der Waals surface area contributed by atoms with Gasteiger partial charge in [-0.05, 0) is 54.4 Å². The SMILES string of the molecule is Cc1ccc(Br)c(OCC(=O)NC(C)C)c1. The van der Waals surface area contributed by atoms with Gasteiger partial charge >= 0.3 is 0 Å². The Bertz CT molecular complexity index is 377. The van der Waals surface area contributed by atoms with Crippen LogP contribution in [-0.4, -0.2) is 18.6 Å². The van der Waals surface area contributed by atoms with E-state index in [2.05, 4.69) is 21.2 Å². The van der Waals surface area contributed by atoms with Crippen molar-refractivity contribution >= 4 is 21.8 Å². The number of carbonyl (C=O) groups excluding carboxylic acids is 1. The molecular weight excluding hydrogens is 270 g/mol. The quantitative estimate of drug-likeness (QED) is 0.924. The minimum absolute atomic E-state index is 0.0419. The Hall–Kier alpha value is -1.03. The number of hydrogen-bond donors (Lipinski definition) is 1. The summed E-state index contributed by atoms with van der Waals surface area (Å²) in [5, 5.41) is 2.77. The van der Waals surface area contributed by atoms with Crippen molar-refractivity contribution in [2.45, 2.75) is 26.8 Å². The van der Waals surface area contributed by atoms with E-state index in [0.29, 0.717) is 5.75 Å². The van der Waals surface area contributed by atoms with Gasteiger partial charge in [0, 0.05) is 6.04 Å². The Morgan fingerprint density at radius 3 is 2.81 bits per heavy atom. The van der Waals surface area contributed by atoms with Crippen molar-refractivity contribution < 1.29 is 9.53 Å². The van der Waals surface area contributed by atoms with Crippen LogP contribution in [0.5, 0.6) is 5.75 Å². The Balaban J connectivity index is 2.54. The molecule has 1 amide bonds. The summed E-state index contributed by atoms with van der Waals surface area (Å²) in [6.45, 7) is 5.86. The van der Waals surface area contributed by atoms with Crippen molar-refractivity contribution in [1.82, 2.24) is 5.32 Å². The summed E-state index contributed by atoms with van der Waals surface area (Å²) in [5.74, 6) is 0.585. The zero-order chi connectivity index (χ0) is 12.1. The average Bonchev–Trinajstić information content (AvgIpc) is 2.18. The molecule has 88 valence electrons. The van der Waals surface area contributed by atoms with E-state index in [0.717, 1.165) is 10.0 Å². The lowest BCUT2D eigenvalue weighted by Crippen LogP contribution is -2.34. The molecule has 1 rings (SSSR count). The zero-order valence-electron chi connectivity index (χ0n) is 9.71.